The van der Waals surface area contributed by atoms with Crippen LogP contribution in [0.2, 0.25) is 0 Å². The van der Waals surface area contributed by atoms with Crippen molar-refractivity contribution in [3.8, 4) is 0 Å². The number of rotatable bonds is 11. The van der Waals surface area contributed by atoms with Gasteiger partial charge < -0.3 is 10.6 Å². The number of nitrogens with two attached hydrogens (primary N) is 1. The van der Waals surface area contributed by atoms with Gasteiger partial charge in [-0.25, -0.2) is 0 Å². The molecule has 16 heavy (non-hydrogen) atoms. The molecule has 0 amide bonds. The minimum Gasteiger partial charge on any atom is -0.330 e. The molecule has 0 aromatic rings. The van der Waals surface area contributed by atoms with Gasteiger partial charge in [0, 0.05) is 6.54 Å². The van der Waals surface area contributed by atoms with Gasteiger partial charge in [0.05, 0.1) is 0 Å². The van der Waals surface area contributed by atoms with Crippen molar-refractivity contribution in [2.24, 2.45) is 11.7 Å². The fourth-order valence-electron chi connectivity index (χ4n) is 2.06. The standard InChI is InChI=1S/C14H32N2/c1-4-5-6-7-8-11-16(12-9-10-15)13-14(2)3/h14H,4-13,15H2,1-3H3. The molecule has 0 radical (unpaired) electrons. The van der Waals surface area contributed by atoms with Crippen molar-refractivity contribution in [1.29, 1.82) is 0 Å². The number of hydrogen-bond acceptors (Lipinski definition) is 2. The Kier molecular flexibility index (Phi) is 11.3. The maximum absolute atomic E-state index is 5.58. The number of nitrogens with zero attached hydrogens (tertiary/aromatic N) is 1. The van der Waals surface area contributed by atoms with Gasteiger partial charge in [-0.15, -0.1) is 0 Å². The van der Waals surface area contributed by atoms with E-state index in [1.165, 1.54) is 51.7 Å². The summed E-state index contributed by atoms with van der Waals surface area (Å²) in [5, 5.41) is 0. The Labute approximate surface area is 103 Å². The molecular formula is C14H32N2. The molecule has 0 aromatic carbocycles. The summed E-state index contributed by atoms with van der Waals surface area (Å²) in [6.07, 6.45) is 8.03. The van der Waals surface area contributed by atoms with E-state index in [1.807, 2.05) is 0 Å². The molecule has 2 heteroatoms. The zero-order valence-corrected chi connectivity index (χ0v) is 11.7. The van der Waals surface area contributed by atoms with Crippen molar-refractivity contribution < 1.29 is 0 Å². The molecule has 0 aliphatic carbocycles. The first-order valence-electron chi connectivity index (χ1n) is 7.13. The Morgan fingerprint density at radius 2 is 1.56 bits per heavy atom. The molecule has 0 spiro atoms. The first kappa shape index (κ1) is 15.9. The third-order valence-electron chi connectivity index (χ3n) is 2.88. The van der Waals surface area contributed by atoms with Crippen LogP contribution in [0.5, 0.6) is 0 Å². The summed E-state index contributed by atoms with van der Waals surface area (Å²) in [6, 6.07) is 0. The third kappa shape index (κ3) is 10.4. The maximum Gasteiger partial charge on any atom is 0.000439 e. The van der Waals surface area contributed by atoms with Gasteiger partial charge in [-0.3, -0.25) is 0 Å². The van der Waals surface area contributed by atoms with Crippen LogP contribution in [0.1, 0.15) is 59.3 Å². The van der Waals surface area contributed by atoms with Gasteiger partial charge in [0.1, 0.15) is 0 Å². The normalized spacial score (nSPS) is 11.6. The molecule has 98 valence electrons. The first-order valence-corrected chi connectivity index (χ1v) is 7.13. The summed E-state index contributed by atoms with van der Waals surface area (Å²) >= 11 is 0. The molecule has 0 atom stereocenters. The van der Waals surface area contributed by atoms with Crippen molar-refractivity contribution in [2.45, 2.75) is 59.3 Å². The van der Waals surface area contributed by atoms with Gasteiger partial charge in [0.15, 0.2) is 0 Å². The van der Waals surface area contributed by atoms with Crippen LogP contribution in [0.4, 0.5) is 0 Å². The predicted molar refractivity (Wildman–Crippen MR) is 73.7 cm³/mol. The SMILES string of the molecule is CCCCCCCN(CCCN)CC(C)C. The topological polar surface area (TPSA) is 29.3 Å². The highest BCUT2D eigenvalue weighted by molar-refractivity contribution is 4.61. The smallest absolute Gasteiger partial charge is 0.000439 e. The predicted octanol–water partition coefficient (Wildman–Crippen LogP) is 3.26. The molecule has 2 N–H and O–H groups in total. The molecule has 0 saturated carbocycles. The summed E-state index contributed by atoms with van der Waals surface area (Å²) in [5.41, 5.74) is 5.58. The fraction of sp³-hybridized carbons (Fsp3) is 1.00. The lowest BCUT2D eigenvalue weighted by atomic mass is 10.1. The van der Waals surface area contributed by atoms with E-state index in [0.717, 1.165) is 18.9 Å². The van der Waals surface area contributed by atoms with Crippen LogP contribution in [0.25, 0.3) is 0 Å². The Balaban J connectivity index is 3.56. The van der Waals surface area contributed by atoms with E-state index in [2.05, 4.69) is 25.7 Å². The lowest BCUT2D eigenvalue weighted by molar-refractivity contribution is 0.237. The maximum atomic E-state index is 5.58. The van der Waals surface area contributed by atoms with Crippen molar-refractivity contribution in [2.75, 3.05) is 26.2 Å². The molecule has 0 aliphatic rings. The molecule has 0 saturated heterocycles. The van der Waals surface area contributed by atoms with E-state index in [4.69, 9.17) is 5.73 Å². The van der Waals surface area contributed by atoms with Crippen molar-refractivity contribution >= 4 is 0 Å². The Morgan fingerprint density at radius 3 is 2.12 bits per heavy atom. The highest BCUT2D eigenvalue weighted by Gasteiger charge is 2.06. The zero-order valence-electron chi connectivity index (χ0n) is 11.7. The van der Waals surface area contributed by atoms with E-state index in [-0.39, 0.29) is 0 Å². The molecule has 0 aliphatic heterocycles. The second kappa shape index (κ2) is 11.4. The Bertz CT molecular complexity index is 135. The average Bonchev–Trinajstić information content (AvgIpc) is 2.24. The van der Waals surface area contributed by atoms with Crippen LogP contribution < -0.4 is 5.73 Å². The molecule has 0 unspecified atom stereocenters. The lowest BCUT2D eigenvalue weighted by Gasteiger charge is -2.24. The molecule has 0 aromatic heterocycles. The van der Waals surface area contributed by atoms with E-state index in [0.29, 0.717) is 0 Å². The van der Waals surface area contributed by atoms with Gasteiger partial charge >= 0.3 is 0 Å². The Hall–Kier alpha value is -0.0800. The van der Waals surface area contributed by atoms with Gasteiger partial charge in [-0.2, -0.15) is 0 Å². The van der Waals surface area contributed by atoms with Crippen LogP contribution in [-0.2, 0) is 0 Å². The number of unbranched alkanes of at least 4 members (excludes halogenated alkanes) is 4. The molecule has 0 fully saturated rings. The molecule has 0 heterocycles. The molecular weight excluding hydrogens is 196 g/mol. The minimum atomic E-state index is 0.772. The van der Waals surface area contributed by atoms with Crippen molar-refractivity contribution in [3.63, 3.8) is 0 Å². The summed E-state index contributed by atoms with van der Waals surface area (Å²) in [7, 11) is 0. The fourth-order valence-corrected chi connectivity index (χ4v) is 2.06. The van der Waals surface area contributed by atoms with Gasteiger partial charge in [0.2, 0.25) is 0 Å². The van der Waals surface area contributed by atoms with Crippen LogP contribution in [-0.4, -0.2) is 31.1 Å². The largest absolute Gasteiger partial charge is 0.330 e. The summed E-state index contributed by atoms with van der Waals surface area (Å²) in [5.74, 6) is 0.772. The highest BCUT2D eigenvalue weighted by Crippen LogP contribution is 2.06. The second-order valence-electron chi connectivity index (χ2n) is 5.25. The van der Waals surface area contributed by atoms with Crippen LogP contribution in [0.3, 0.4) is 0 Å². The first-order chi connectivity index (χ1) is 7.70. The highest BCUT2D eigenvalue weighted by atomic mass is 15.1. The van der Waals surface area contributed by atoms with E-state index < -0.39 is 0 Å². The summed E-state index contributed by atoms with van der Waals surface area (Å²) in [6.45, 7) is 11.4. The quantitative estimate of drug-likeness (QED) is 0.550. The number of hydrogen-bond donors (Lipinski definition) is 1. The van der Waals surface area contributed by atoms with Gasteiger partial charge in [-0.05, 0) is 38.4 Å². The molecule has 2 nitrogen and oxygen atoms in total. The molecule has 0 bridgehead atoms. The molecule has 0 rings (SSSR count). The van der Waals surface area contributed by atoms with Crippen LogP contribution >= 0.6 is 0 Å². The van der Waals surface area contributed by atoms with Crippen LogP contribution in [0, 0.1) is 5.92 Å². The lowest BCUT2D eigenvalue weighted by Crippen LogP contribution is -2.31. The van der Waals surface area contributed by atoms with E-state index in [1.54, 1.807) is 0 Å². The Morgan fingerprint density at radius 1 is 0.938 bits per heavy atom. The average molecular weight is 228 g/mol. The monoisotopic (exact) mass is 228 g/mol. The van der Waals surface area contributed by atoms with E-state index in [9.17, 15) is 0 Å². The third-order valence-corrected chi connectivity index (χ3v) is 2.88. The summed E-state index contributed by atoms with van der Waals surface area (Å²) < 4.78 is 0. The van der Waals surface area contributed by atoms with Gasteiger partial charge in [-0.1, -0.05) is 46.5 Å². The summed E-state index contributed by atoms with van der Waals surface area (Å²) in [4.78, 5) is 2.59. The zero-order chi connectivity index (χ0) is 12.2. The van der Waals surface area contributed by atoms with Crippen molar-refractivity contribution in [3.05, 3.63) is 0 Å². The van der Waals surface area contributed by atoms with Gasteiger partial charge in [0.25, 0.3) is 0 Å². The van der Waals surface area contributed by atoms with E-state index >= 15 is 0 Å². The van der Waals surface area contributed by atoms with Crippen molar-refractivity contribution in [1.82, 2.24) is 4.90 Å². The second-order valence-corrected chi connectivity index (χ2v) is 5.25. The minimum absolute atomic E-state index is 0.772. The van der Waals surface area contributed by atoms with Crippen LogP contribution in [0.15, 0.2) is 0 Å².